The van der Waals surface area contributed by atoms with Crippen LogP contribution in [0.5, 0.6) is 0 Å². The lowest BCUT2D eigenvalue weighted by atomic mass is 9.83. The molecule has 0 bridgehead atoms. The number of rotatable bonds is 3. The molecule has 0 radical (unpaired) electrons. The second-order valence-corrected chi connectivity index (χ2v) is 7.59. The molecule has 0 N–H and O–H groups in total. The van der Waals surface area contributed by atoms with E-state index in [0.29, 0.717) is 12.8 Å². The van der Waals surface area contributed by atoms with Gasteiger partial charge in [0.25, 0.3) is 0 Å². The van der Waals surface area contributed by atoms with Gasteiger partial charge in [-0.2, -0.15) is 0 Å². The van der Waals surface area contributed by atoms with Crippen molar-refractivity contribution < 1.29 is 13.6 Å². The SMILES string of the molecule is CC(C)(C)c1csc(CC(=O)C2CCC(F)(F)CC2)n1. The number of Topliss-reactive ketones (excluding diaryl/α,β-unsaturated/α-hetero) is 1. The summed E-state index contributed by atoms with van der Waals surface area (Å²) in [5.74, 6) is -2.72. The zero-order chi connectivity index (χ0) is 15.0. The van der Waals surface area contributed by atoms with Crippen molar-refractivity contribution in [2.45, 2.75) is 64.2 Å². The zero-order valence-electron chi connectivity index (χ0n) is 12.2. The monoisotopic (exact) mass is 301 g/mol. The van der Waals surface area contributed by atoms with Crippen LogP contribution in [0, 0.1) is 5.92 Å². The van der Waals surface area contributed by atoms with Crippen LogP contribution in [0.2, 0.25) is 0 Å². The molecule has 1 aromatic heterocycles. The number of carbonyl (C=O) groups excluding carboxylic acids is 1. The summed E-state index contributed by atoms with van der Waals surface area (Å²) in [5, 5.41) is 2.79. The van der Waals surface area contributed by atoms with Crippen LogP contribution < -0.4 is 0 Å². The van der Waals surface area contributed by atoms with E-state index in [1.54, 1.807) is 0 Å². The van der Waals surface area contributed by atoms with Gasteiger partial charge in [0.1, 0.15) is 10.8 Å². The topological polar surface area (TPSA) is 30.0 Å². The standard InChI is InChI=1S/C15H21F2NOS/c1-14(2,3)12-9-20-13(18-12)8-11(19)10-4-6-15(16,17)7-5-10/h9-10H,4-8H2,1-3H3. The summed E-state index contributed by atoms with van der Waals surface area (Å²) in [6.45, 7) is 6.24. The van der Waals surface area contributed by atoms with E-state index in [-0.39, 0.29) is 36.4 Å². The number of alkyl halides is 2. The highest BCUT2D eigenvalue weighted by atomic mass is 32.1. The lowest BCUT2D eigenvalue weighted by Gasteiger charge is -2.27. The van der Waals surface area contributed by atoms with Gasteiger partial charge in [0.05, 0.1) is 12.1 Å². The molecule has 1 aliphatic rings. The van der Waals surface area contributed by atoms with Crippen molar-refractivity contribution in [1.82, 2.24) is 4.98 Å². The van der Waals surface area contributed by atoms with E-state index < -0.39 is 5.92 Å². The number of hydrogen-bond acceptors (Lipinski definition) is 3. The first kappa shape index (κ1) is 15.5. The summed E-state index contributed by atoms with van der Waals surface area (Å²) in [6, 6.07) is 0. The molecule has 1 heterocycles. The van der Waals surface area contributed by atoms with Crippen molar-refractivity contribution in [2.75, 3.05) is 0 Å². The van der Waals surface area contributed by atoms with Crippen LogP contribution in [0.15, 0.2) is 5.38 Å². The number of nitrogens with zero attached hydrogens (tertiary/aromatic N) is 1. The first-order valence-electron chi connectivity index (χ1n) is 7.03. The Morgan fingerprint density at radius 3 is 2.50 bits per heavy atom. The van der Waals surface area contributed by atoms with E-state index in [0.717, 1.165) is 10.7 Å². The van der Waals surface area contributed by atoms with Crippen molar-refractivity contribution >= 4 is 17.1 Å². The molecule has 0 spiro atoms. The first-order chi connectivity index (χ1) is 9.17. The minimum Gasteiger partial charge on any atom is -0.299 e. The molecule has 0 atom stereocenters. The molecule has 2 rings (SSSR count). The fourth-order valence-corrected chi connectivity index (χ4v) is 3.42. The van der Waals surface area contributed by atoms with Gasteiger partial charge in [-0.1, -0.05) is 20.8 Å². The third-order valence-electron chi connectivity index (χ3n) is 3.82. The third kappa shape index (κ3) is 3.84. The van der Waals surface area contributed by atoms with Gasteiger partial charge in [-0.15, -0.1) is 11.3 Å². The molecule has 1 saturated carbocycles. The van der Waals surface area contributed by atoms with Crippen molar-refractivity contribution in [3.63, 3.8) is 0 Å². The molecule has 1 aliphatic carbocycles. The number of hydrogen-bond donors (Lipinski definition) is 0. The second-order valence-electron chi connectivity index (χ2n) is 6.65. The van der Waals surface area contributed by atoms with Crippen LogP contribution in [-0.4, -0.2) is 16.7 Å². The first-order valence-corrected chi connectivity index (χ1v) is 7.91. The Kier molecular flexibility index (Phi) is 4.28. The highest BCUT2D eigenvalue weighted by Crippen LogP contribution is 2.37. The molecule has 0 aromatic carbocycles. The molecule has 0 amide bonds. The van der Waals surface area contributed by atoms with Gasteiger partial charge < -0.3 is 0 Å². The average Bonchev–Trinajstić information content (AvgIpc) is 2.77. The van der Waals surface area contributed by atoms with Gasteiger partial charge >= 0.3 is 0 Å². The highest BCUT2D eigenvalue weighted by molar-refractivity contribution is 7.09. The second kappa shape index (κ2) is 5.51. The normalized spacial score (nSPS) is 20.1. The van der Waals surface area contributed by atoms with E-state index in [2.05, 4.69) is 25.8 Å². The molecular weight excluding hydrogens is 280 g/mol. The van der Waals surface area contributed by atoms with Crippen LogP contribution in [0.3, 0.4) is 0 Å². The van der Waals surface area contributed by atoms with Crippen LogP contribution in [0.1, 0.15) is 57.2 Å². The van der Waals surface area contributed by atoms with E-state index in [9.17, 15) is 13.6 Å². The fourth-order valence-electron chi connectivity index (χ4n) is 2.39. The number of carbonyl (C=O) groups is 1. The molecular formula is C15H21F2NOS. The average molecular weight is 301 g/mol. The molecule has 0 saturated heterocycles. The molecule has 1 aromatic rings. The maximum atomic E-state index is 13.1. The summed E-state index contributed by atoms with van der Waals surface area (Å²) in [5.41, 5.74) is 0.963. The maximum absolute atomic E-state index is 13.1. The molecule has 0 unspecified atom stereocenters. The molecule has 0 aliphatic heterocycles. The minimum atomic E-state index is -2.57. The number of thiazole rings is 1. The summed E-state index contributed by atoms with van der Waals surface area (Å²) >= 11 is 1.49. The molecule has 20 heavy (non-hydrogen) atoms. The van der Waals surface area contributed by atoms with Crippen LogP contribution in [-0.2, 0) is 16.6 Å². The van der Waals surface area contributed by atoms with Crippen molar-refractivity contribution in [3.05, 3.63) is 16.1 Å². The van der Waals surface area contributed by atoms with Gasteiger partial charge in [-0.05, 0) is 12.8 Å². The summed E-state index contributed by atoms with van der Waals surface area (Å²) in [4.78, 5) is 16.7. The summed E-state index contributed by atoms with van der Waals surface area (Å²) < 4.78 is 26.2. The Morgan fingerprint density at radius 1 is 1.40 bits per heavy atom. The van der Waals surface area contributed by atoms with E-state index in [1.165, 1.54) is 11.3 Å². The largest absolute Gasteiger partial charge is 0.299 e. The Balaban J connectivity index is 1.94. The number of ketones is 1. The molecule has 1 fully saturated rings. The number of aromatic nitrogens is 1. The third-order valence-corrected chi connectivity index (χ3v) is 4.67. The summed E-state index contributed by atoms with van der Waals surface area (Å²) in [6.07, 6.45) is 0.590. The lowest BCUT2D eigenvalue weighted by molar-refractivity contribution is -0.126. The predicted octanol–water partition coefficient (Wildman–Crippen LogP) is 4.38. The van der Waals surface area contributed by atoms with Crippen LogP contribution in [0.4, 0.5) is 8.78 Å². The van der Waals surface area contributed by atoms with E-state index in [4.69, 9.17) is 0 Å². The van der Waals surface area contributed by atoms with Crippen molar-refractivity contribution in [2.24, 2.45) is 5.92 Å². The molecule has 2 nitrogen and oxygen atoms in total. The highest BCUT2D eigenvalue weighted by Gasteiger charge is 2.37. The fraction of sp³-hybridized carbons (Fsp3) is 0.733. The van der Waals surface area contributed by atoms with Crippen molar-refractivity contribution in [3.8, 4) is 0 Å². The van der Waals surface area contributed by atoms with Gasteiger partial charge in [0.15, 0.2) is 0 Å². The van der Waals surface area contributed by atoms with E-state index >= 15 is 0 Å². The smallest absolute Gasteiger partial charge is 0.248 e. The van der Waals surface area contributed by atoms with E-state index in [1.807, 2.05) is 5.38 Å². The number of halogens is 2. The Labute approximate surface area is 122 Å². The zero-order valence-corrected chi connectivity index (χ0v) is 13.0. The van der Waals surface area contributed by atoms with Gasteiger partial charge in [-0.25, -0.2) is 13.8 Å². The maximum Gasteiger partial charge on any atom is 0.248 e. The quantitative estimate of drug-likeness (QED) is 0.829. The predicted molar refractivity (Wildman–Crippen MR) is 76.4 cm³/mol. The van der Waals surface area contributed by atoms with Crippen LogP contribution >= 0.6 is 11.3 Å². The Morgan fingerprint density at radius 2 is 2.00 bits per heavy atom. The molecule has 5 heteroatoms. The summed E-state index contributed by atoms with van der Waals surface area (Å²) in [7, 11) is 0. The lowest BCUT2D eigenvalue weighted by Crippen LogP contribution is -2.29. The Hall–Kier alpha value is -0.840. The van der Waals surface area contributed by atoms with Gasteiger partial charge in [0.2, 0.25) is 5.92 Å². The van der Waals surface area contributed by atoms with Crippen molar-refractivity contribution in [1.29, 1.82) is 0 Å². The minimum absolute atomic E-state index is 0.0231. The van der Waals surface area contributed by atoms with Crippen LogP contribution in [0.25, 0.3) is 0 Å². The molecule has 112 valence electrons. The van der Waals surface area contributed by atoms with Gasteiger partial charge in [0, 0.05) is 29.6 Å². The van der Waals surface area contributed by atoms with Gasteiger partial charge in [-0.3, -0.25) is 4.79 Å². The Bertz CT molecular complexity index is 480.